The standard InChI is InChI=1S/C11H15N3O4.ClH/c1-7(6-12)13-11(15)8-3-4-9(14(16)17)10(5-8)18-2;/h3-5,7H,6,12H2,1-2H3,(H,13,15);1H/t7-;/m1./s1. The summed E-state index contributed by atoms with van der Waals surface area (Å²) >= 11 is 0. The molecule has 7 nitrogen and oxygen atoms in total. The fourth-order valence-electron chi connectivity index (χ4n) is 1.34. The lowest BCUT2D eigenvalue weighted by molar-refractivity contribution is -0.385. The van der Waals surface area contributed by atoms with Crippen LogP contribution in [0.25, 0.3) is 0 Å². The predicted octanol–water partition coefficient (Wildman–Crippen LogP) is 1.10. The first kappa shape index (κ1) is 17.1. The number of rotatable bonds is 5. The summed E-state index contributed by atoms with van der Waals surface area (Å²) < 4.78 is 4.88. The second kappa shape index (κ2) is 7.55. The van der Waals surface area contributed by atoms with E-state index in [2.05, 4.69) is 5.32 Å². The van der Waals surface area contributed by atoms with E-state index < -0.39 is 4.92 Å². The Bertz CT molecular complexity index is 467. The molecule has 0 saturated heterocycles. The number of amides is 1. The number of carbonyl (C=O) groups excluding carboxylic acids is 1. The molecule has 0 radical (unpaired) electrons. The average Bonchev–Trinajstić information content (AvgIpc) is 2.37. The highest BCUT2D eigenvalue weighted by atomic mass is 35.5. The molecule has 0 fully saturated rings. The number of methoxy groups -OCH3 is 1. The van der Waals surface area contributed by atoms with Gasteiger partial charge in [-0.15, -0.1) is 12.4 Å². The summed E-state index contributed by atoms with van der Waals surface area (Å²) in [5.41, 5.74) is 5.50. The Morgan fingerprint density at radius 3 is 2.68 bits per heavy atom. The van der Waals surface area contributed by atoms with E-state index in [1.165, 1.54) is 25.3 Å². The summed E-state index contributed by atoms with van der Waals surface area (Å²) in [5, 5.41) is 13.4. The molecule has 106 valence electrons. The molecule has 1 amide bonds. The molecule has 0 saturated carbocycles. The quantitative estimate of drug-likeness (QED) is 0.623. The molecule has 1 rings (SSSR count). The molecule has 0 aliphatic heterocycles. The molecule has 0 spiro atoms. The zero-order valence-corrected chi connectivity index (χ0v) is 11.4. The number of hydrogen-bond acceptors (Lipinski definition) is 5. The third-order valence-corrected chi connectivity index (χ3v) is 2.37. The third-order valence-electron chi connectivity index (χ3n) is 2.37. The number of nitrogens with two attached hydrogens (primary N) is 1. The van der Waals surface area contributed by atoms with Crippen molar-refractivity contribution < 1.29 is 14.5 Å². The molecule has 8 heteroatoms. The van der Waals surface area contributed by atoms with Crippen LogP contribution in [0.3, 0.4) is 0 Å². The SMILES string of the molecule is COc1cc(C(=O)N[C@H](C)CN)ccc1[N+](=O)[O-].Cl. The van der Waals surface area contributed by atoms with Crippen LogP contribution in [0.4, 0.5) is 5.69 Å². The summed E-state index contributed by atoms with van der Waals surface area (Å²) in [4.78, 5) is 21.9. The van der Waals surface area contributed by atoms with E-state index >= 15 is 0 Å². The summed E-state index contributed by atoms with van der Waals surface area (Å²) in [6, 6.07) is 3.77. The fraction of sp³-hybridized carbons (Fsp3) is 0.364. The molecule has 0 bridgehead atoms. The number of carbonyl (C=O) groups is 1. The predicted molar refractivity (Wildman–Crippen MR) is 72.9 cm³/mol. The van der Waals surface area contributed by atoms with Gasteiger partial charge in [0.2, 0.25) is 0 Å². The van der Waals surface area contributed by atoms with Crippen molar-refractivity contribution in [3.05, 3.63) is 33.9 Å². The first-order valence-corrected chi connectivity index (χ1v) is 5.33. The second-order valence-corrected chi connectivity index (χ2v) is 3.75. The van der Waals surface area contributed by atoms with Crippen LogP contribution in [-0.2, 0) is 0 Å². The molecule has 0 heterocycles. The van der Waals surface area contributed by atoms with E-state index in [0.29, 0.717) is 6.54 Å². The highest BCUT2D eigenvalue weighted by Crippen LogP contribution is 2.27. The monoisotopic (exact) mass is 289 g/mol. The van der Waals surface area contributed by atoms with E-state index in [1.807, 2.05) is 0 Å². The smallest absolute Gasteiger partial charge is 0.310 e. The zero-order valence-electron chi connectivity index (χ0n) is 10.6. The van der Waals surface area contributed by atoms with Crippen molar-refractivity contribution in [2.45, 2.75) is 13.0 Å². The number of halogens is 1. The molecule has 0 aromatic heterocycles. The van der Waals surface area contributed by atoms with Crippen LogP contribution >= 0.6 is 12.4 Å². The normalized spacial score (nSPS) is 11.1. The number of benzene rings is 1. The Hall–Kier alpha value is -1.86. The summed E-state index contributed by atoms with van der Waals surface area (Å²) in [6.07, 6.45) is 0. The third kappa shape index (κ3) is 4.38. The minimum atomic E-state index is -0.566. The average molecular weight is 290 g/mol. The number of nitrogens with one attached hydrogen (secondary N) is 1. The van der Waals surface area contributed by atoms with Crippen LogP contribution in [0.1, 0.15) is 17.3 Å². The van der Waals surface area contributed by atoms with Crippen molar-refractivity contribution in [3.63, 3.8) is 0 Å². The molecule has 0 aliphatic carbocycles. The minimum Gasteiger partial charge on any atom is -0.490 e. The molecule has 0 unspecified atom stereocenters. The second-order valence-electron chi connectivity index (χ2n) is 3.75. The van der Waals surface area contributed by atoms with Gasteiger partial charge in [-0.2, -0.15) is 0 Å². The van der Waals surface area contributed by atoms with Gasteiger partial charge in [-0.05, 0) is 13.0 Å². The van der Waals surface area contributed by atoms with Crippen molar-refractivity contribution in [2.75, 3.05) is 13.7 Å². The van der Waals surface area contributed by atoms with E-state index in [1.54, 1.807) is 6.92 Å². The van der Waals surface area contributed by atoms with Gasteiger partial charge in [0.25, 0.3) is 5.91 Å². The minimum absolute atomic E-state index is 0. The first-order valence-electron chi connectivity index (χ1n) is 5.33. The van der Waals surface area contributed by atoms with Gasteiger partial charge in [0, 0.05) is 30.3 Å². The molecule has 0 aliphatic rings. The fourth-order valence-corrected chi connectivity index (χ4v) is 1.34. The van der Waals surface area contributed by atoms with E-state index in [9.17, 15) is 14.9 Å². The highest BCUT2D eigenvalue weighted by molar-refractivity contribution is 5.95. The van der Waals surface area contributed by atoms with Crippen LogP contribution in [0.2, 0.25) is 0 Å². The number of nitrogens with zero attached hydrogens (tertiary/aromatic N) is 1. The van der Waals surface area contributed by atoms with Crippen LogP contribution < -0.4 is 15.8 Å². The topological polar surface area (TPSA) is 107 Å². The van der Waals surface area contributed by atoms with E-state index in [-0.39, 0.29) is 41.4 Å². The Balaban J connectivity index is 0.00000324. The zero-order chi connectivity index (χ0) is 13.7. The summed E-state index contributed by atoms with van der Waals surface area (Å²) in [6.45, 7) is 2.08. The van der Waals surface area contributed by atoms with Crippen LogP contribution in [-0.4, -0.2) is 30.5 Å². The van der Waals surface area contributed by atoms with Crippen molar-refractivity contribution >= 4 is 24.0 Å². The number of ether oxygens (including phenoxy) is 1. The maximum absolute atomic E-state index is 11.8. The van der Waals surface area contributed by atoms with Gasteiger partial charge in [0.05, 0.1) is 12.0 Å². The molecular formula is C11H16ClN3O4. The lowest BCUT2D eigenvalue weighted by Crippen LogP contribution is -2.37. The maximum atomic E-state index is 11.8. The van der Waals surface area contributed by atoms with Gasteiger partial charge >= 0.3 is 5.69 Å². The number of hydrogen-bond donors (Lipinski definition) is 2. The Kier molecular flexibility index (Phi) is 6.81. The lowest BCUT2D eigenvalue weighted by atomic mass is 10.1. The van der Waals surface area contributed by atoms with E-state index in [4.69, 9.17) is 10.5 Å². The van der Waals surface area contributed by atoms with E-state index in [0.717, 1.165) is 0 Å². The van der Waals surface area contributed by atoms with Crippen LogP contribution in [0.15, 0.2) is 18.2 Å². The highest BCUT2D eigenvalue weighted by Gasteiger charge is 2.17. The molecular weight excluding hydrogens is 274 g/mol. The first-order chi connectivity index (χ1) is 8.49. The molecule has 19 heavy (non-hydrogen) atoms. The molecule has 1 aromatic carbocycles. The van der Waals surface area contributed by atoms with Crippen LogP contribution in [0, 0.1) is 10.1 Å². The van der Waals surface area contributed by atoms with Gasteiger partial charge in [-0.3, -0.25) is 14.9 Å². The van der Waals surface area contributed by atoms with Gasteiger partial charge < -0.3 is 15.8 Å². The van der Waals surface area contributed by atoms with Gasteiger partial charge in [0.15, 0.2) is 5.75 Å². The molecule has 3 N–H and O–H groups in total. The van der Waals surface area contributed by atoms with Gasteiger partial charge in [-0.1, -0.05) is 0 Å². The van der Waals surface area contributed by atoms with Crippen molar-refractivity contribution in [1.82, 2.24) is 5.32 Å². The number of nitro benzene ring substituents is 1. The number of nitro groups is 1. The molecule has 1 atom stereocenters. The van der Waals surface area contributed by atoms with Crippen molar-refractivity contribution in [2.24, 2.45) is 5.73 Å². The molecule has 1 aromatic rings. The lowest BCUT2D eigenvalue weighted by Gasteiger charge is -2.11. The summed E-state index contributed by atoms with van der Waals surface area (Å²) in [7, 11) is 1.31. The largest absolute Gasteiger partial charge is 0.490 e. The van der Waals surface area contributed by atoms with Crippen molar-refractivity contribution in [1.29, 1.82) is 0 Å². The van der Waals surface area contributed by atoms with Gasteiger partial charge in [-0.25, -0.2) is 0 Å². The summed E-state index contributed by atoms with van der Waals surface area (Å²) in [5.74, 6) is -0.297. The Morgan fingerprint density at radius 2 is 2.21 bits per heavy atom. The van der Waals surface area contributed by atoms with Gasteiger partial charge in [0.1, 0.15) is 0 Å². The van der Waals surface area contributed by atoms with Crippen LogP contribution in [0.5, 0.6) is 5.75 Å². The van der Waals surface area contributed by atoms with Crippen molar-refractivity contribution in [3.8, 4) is 5.75 Å². The Labute approximate surface area is 116 Å². The maximum Gasteiger partial charge on any atom is 0.310 e. The Morgan fingerprint density at radius 1 is 1.58 bits per heavy atom.